The summed E-state index contributed by atoms with van der Waals surface area (Å²) in [4.78, 5) is 36.6. The first-order valence-corrected chi connectivity index (χ1v) is 9.85. The van der Waals surface area contributed by atoms with Gasteiger partial charge < -0.3 is 4.74 Å². The third kappa shape index (κ3) is 4.94. The summed E-state index contributed by atoms with van der Waals surface area (Å²) in [6, 6.07) is 11.4. The molecule has 0 bridgehead atoms. The van der Waals surface area contributed by atoms with E-state index in [4.69, 9.17) is 4.74 Å². The second-order valence-corrected chi connectivity index (χ2v) is 7.52. The van der Waals surface area contributed by atoms with Crippen LogP contribution >= 0.6 is 0 Å². The number of aryl methyl sites for hydroxylation is 4. The van der Waals surface area contributed by atoms with Gasteiger partial charge in [0.2, 0.25) is 0 Å². The van der Waals surface area contributed by atoms with E-state index in [0.29, 0.717) is 11.1 Å². The van der Waals surface area contributed by atoms with Gasteiger partial charge in [0.25, 0.3) is 0 Å². The molecule has 146 valence electrons. The van der Waals surface area contributed by atoms with Gasteiger partial charge in [-0.25, -0.2) is 0 Å². The minimum atomic E-state index is -0.523. The van der Waals surface area contributed by atoms with Gasteiger partial charge in [0.1, 0.15) is 0 Å². The molecule has 0 unspecified atom stereocenters. The molecule has 0 N–H and O–H groups in total. The second kappa shape index (κ2) is 8.96. The van der Waals surface area contributed by atoms with Crippen LogP contribution in [0.25, 0.3) is 0 Å². The molecule has 1 aliphatic carbocycles. The number of fused-ring (bicyclic) bond motifs is 1. The topological polar surface area (TPSA) is 60.4 Å². The molecule has 0 aromatic heterocycles. The predicted octanol–water partition coefficient (Wildman–Crippen LogP) is 4.57. The Bertz CT molecular complexity index is 911. The summed E-state index contributed by atoms with van der Waals surface area (Å²) in [7, 11) is 0. The lowest BCUT2D eigenvalue weighted by Gasteiger charge is -2.16. The molecule has 2 aromatic carbocycles. The summed E-state index contributed by atoms with van der Waals surface area (Å²) >= 11 is 0. The van der Waals surface area contributed by atoms with E-state index in [1.807, 2.05) is 50.2 Å². The van der Waals surface area contributed by atoms with Gasteiger partial charge in [0.15, 0.2) is 18.2 Å². The molecule has 0 saturated heterocycles. The van der Waals surface area contributed by atoms with Crippen molar-refractivity contribution in [1.82, 2.24) is 0 Å². The third-order valence-electron chi connectivity index (χ3n) is 5.28. The van der Waals surface area contributed by atoms with E-state index >= 15 is 0 Å². The Morgan fingerprint density at radius 3 is 2.39 bits per heavy atom. The zero-order valence-corrected chi connectivity index (χ0v) is 16.5. The number of esters is 1. The van der Waals surface area contributed by atoms with Crippen LogP contribution in [0.3, 0.4) is 0 Å². The normalized spacial score (nSPS) is 12.9. The Morgan fingerprint density at radius 2 is 1.61 bits per heavy atom. The van der Waals surface area contributed by atoms with Crippen LogP contribution in [0, 0.1) is 13.8 Å². The van der Waals surface area contributed by atoms with E-state index in [0.717, 1.165) is 30.4 Å². The van der Waals surface area contributed by atoms with Gasteiger partial charge in [0.05, 0.1) is 6.42 Å². The molecule has 2 aromatic rings. The number of carbonyl (C=O) groups is 3. The Hall–Kier alpha value is -2.75. The number of ketones is 2. The molecule has 0 spiro atoms. The van der Waals surface area contributed by atoms with Gasteiger partial charge in [0, 0.05) is 17.5 Å². The smallest absolute Gasteiger partial charge is 0.306 e. The molecule has 28 heavy (non-hydrogen) atoms. The summed E-state index contributed by atoms with van der Waals surface area (Å²) in [6.07, 6.45) is 4.45. The first-order valence-electron chi connectivity index (χ1n) is 9.85. The van der Waals surface area contributed by atoms with Crippen molar-refractivity contribution < 1.29 is 19.1 Å². The van der Waals surface area contributed by atoms with Crippen LogP contribution < -0.4 is 0 Å². The highest BCUT2D eigenvalue weighted by Crippen LogP contribution is 2.22. The van der Waals surface area contributed by atoms with E-state index in [-0.39, 0.29) is 31.0 Å². The molecule has 4 heteroatoms. The van der Waals surface area contributed by atoms with Crippen molar-refractivity contribution in [2.75, 3.05) is 6.61 Å². The van der Waals surface area contributed by atoms with Crippen molar-refractivity contribution in [3.8, 4) is 0 Å². The van der Waals surface area contributed by atoms with Crippen molar-refractivity contribution >= 4 is 17.5 Å². The lowest BCUT2D eigenvalue weighted by Crippen LogP contribution is -2.16. The van der Waals surface area contributed by atoms with Crippen LogP contribution in [-0.2, 0) is 22.4 Å². The first kappa shape index (κ1) is 20.0. The van der Waals surface area contributed by atoms with E-state index in [9.17, 15) is 14.4 Å². The van der Waals surface area contributed by atoms with Crippen molar-refractivity contribution in [2.45, 2.75) is 52.4 Å². The summed E-state index contributed by atoms with van der Waals surface area (Å²) in [5.41, 5.74) is 5.66. The van der Waals surface area contributed by atoms with Crippen LogP contribution in [0.15, 0.2) is 36.4 Å². The summed E-state index contributed by atoms with van der Waals surface area (Å²) in [5.74, 6) is -0.813. The fourth-order valence-corrected chi connectivity index (χ4v) is 3.59. The van der Waals surface area contributed by atoms with E-state index in [1.165, 1.54) is 17.5 Å². The average molecular weight is 378 g/mol. The first-order chi connectivity index (χ1) is 13.4. The quantitative estimate of drug-likeness (QED) is 0.523. The number of benzene rings is 2. The molecule has 0 heterocycles. The maximum absolute atomic E-state index is 12.3. The van der Waals surface area contributed by atoms with Gasteiger partial charge in [-0.15, -0.1) is 0 Å². The van der Waals surface area contributed by atoms with Gasteiger partial charge in [-0.3, -0.25) is 14.4 Å². The van der Waals surface area contributed by atoms with Crippen molar-refractivity contribution in [3.63, 3.8) is 0 Å². The molecule has 3 rings (SSSR count). The summed E-state index contributed by atoms with van der Waals surface area (Å²) in [5, 5.41) is 0. The van der Waals surface area contributed by atoms with Crippen molar-refractivity contribution in [3.05, 3.63) is 69.8 Å². The number of Topliss-reactive ketones (excluding diaryl/α,β-unsaturated/α-hetero) is 2. The maximum atomic E-state index is 12.3. The van der Waals surface area contributed by atoms with Gasteiger partial charge >= 0.3 is 5.97 Å². The van der Waals surface area contributed by atoms with Crippen molar-refractivity contribution in [2.24, 2.45) is 0 Å². The van der Waals surface area contributed by atoms with Gasteiger partial charge in [-0.05, 0) is 68.4 Å². The number of rotatable bonds is 7. The third-order valence-corrected chi connectivity index (χ3v) is 5.28. The average Bonchev–Trinajstić information content (AvgIpc) is 2.71. The number of ether oxygens (including phenoxy) is 1. The Kier molecular flexibility index (Phi) is 6.40. The largest absolute Gasteiger partial charge is 0.457 e. The zero-order chi connectivity index (χ0) is 20.1. The SMILES string of the molecule is Cc1ccc(C)c(C(=O)CCC(=O)OCC(=O)c2ccc3c(c2)CCCC3)c1. The molecule has 0 fully saturated rings. The van der Waals surface area contributed by atoms with Crippen LogP contribution in [0.4, 0.5) is 0 Å². The minimum absolute atomic E-state index is 0.0241. The highest BCUT2D eigenvalue weighted by Gasteiger charge is 2.16. The van der Waals surface area contributed by atoms with Crippen molar-refractivity contribution in [1.29, 1.82) is 0 Å². The van der Waals surface area contributed by atoms with Gasteiger partial charge in [-0.1, -0.05) is 29.8 Å². The Balaban J connectivity index is 1.49. The van der Waals surface area contributed by atoms with E-state index in [1.54, 1.807) is 0 Å². The Labute approximate surface area is 165 Å². The molecule has 0 radical (unpaired) electrons. The van der Waals surface area contributed by atoms with E-state index < -0.39 is 5.97 Å². The highest BCUT2D eigenvalue weighted by atomic mass is 16.5. The van der Waals surface area contributed by atoms with Crippen LogP contribution in [0.1, 0.15) is 68.7 Å². The fraction of sp³-hybridized carbons (Fsp3) is 0.375. The molecule has 0 amide bonds. The standard InChI is InChI=1S/C24H26O4/c1-16-7-8-17(2)21(13-16)22(25)11-12-24(27)28-15-23(26)20-10-9-18-5-3-4-6-19(18)14-20/h7-10,13-14H,3-6,11-12,15H2,1-2H3. The molecular formula is C24H26O4. The summed E-state index contributed by atoms with van der Waals surface area (Å²) in [6.45, 7) is 3.52. The number of hydrogen-bond donors (Lipinski definition) is 0. The lowest BCUT2D eigenvalue weighted by atomic mass is 9.90. The number of hydrogen-bond acceptors (Lipinski definition) is 4. The fourth-order valence-electron chi connectivity index (χ4n) is 3.59. The number of carbonyl (C=O) groups excluding carboxylic acids is 3. The van der Waals surface area contributed by atoms with Gasteiger partial charge in [-0.2, -0.15) is 0 Å². The molecule has 0 saturated carbocycles. The minimum Gasteiger partial charge on any atom is -0.457 e. The highest BCUT2D eigenvalue weighted by molar-refractivity contribution is 6.00. The molecule has 0 aliphatic heterocycles. The molecule has 4 nitrogen and oxygen atoms in total. The molecular weight excluding hydrogens is 352 g/mol. The second-order valence-electron chi connectivity index (χ2n) is 7.52. The zero-order valence-electron chi connectivity index (χ0n) is 16.5. The molecule has 0 atom stereocenters. The van der Waals surface area contributed by atoms with Crippen LogP contribution in [0.2, 0.25) is 0 Å². The monoisotopic (exact) mass is 378 g/mol. The predicted molar refractivity (Wildman–Crippen MR) is 108 cm³/mol. The van der Waals surface area contributed by atoms with E-state index in [2.05, 4.69) is 0 Å². The maximum Gasteiger partial charge on any atom is 0.306 e. The van der Waals surface area contributed by atoms with Crippen LogP contribution in [-0.4, -0.2) is 24.1 Å². The van der Waals surface area contributed by atoms with Crippen LogP contribution in [0.5, 0.6) is 0 Å². The molecule has 1 aliphatic rings. The summed E-state index contributed by atoms with van der Waals surface area (Å²) < 4.78 is 5.10. The lowest BCUT2D eigenvalue weighted by molar-refractivity contribution is -0.142. The Morgan fingerprint density at radius 1 is 0.857 bits per heavy atom.